The van der Waals surface area contributed by atoms with Crippen molar-refractivity contribution in [2.45, 2.75) is 31.8 Å². The van der Waals surface area contributed by atoms with Crippen molar-refractivity contribution in [3.8, 4) is 0 Å². The van der Waals surface area contributed by atoms with Crippen LogP contribution in [0, 0.1) is 0 Å². The van der Waals surface area contributed by atoms with Gasteiger partial charge in [0.1, 0.15) is 0 Å². The predicted octanol–water partition coefficient (Wildman–Crippen LogP) is 3.60. The third-order valence-electron chi connectivity index (χ3n) is 4.65. The lowest BCUT2D eigenvalue weighted by atomic mass is 10.0. The third-order valence-corrected chi connectivity index (χ3v) is 4.65. The summed E-state index contributed by atoms with van der Waals surface area (Å²) in [4.78, 5) is 17.1. The van der Waals surface area contributed by atoms with Crippen LogP contribution in [0.15, 0.2) is 54.6 Å². The molecule has 0 spiro atoms. The first-order valence-electron chi connectivity index (χ1n) is 8.72. The molecule has 2 aromatic rings. The molecule has 126 valence electrons. The zero-order valence-corrected chi connectivity index (χ0v) is 14.6. The zero-order chi connectivity index (χ0) is 16.9. The molecule has 0 unspecified atom stereocenters. The highest BCUT2D eigenvalue weighted by Gasteiger charge is 2.29. The second-order valence-corrected chi connectivity index (χ2v) is 6.92. The molecule has 3 heteroatoms. The van der Waals surface area contributed by atoms with Crippen molar-refractivity contribution in [1.29, 1.82) is 0 Å². The number of rotatable bonds is 5. The molecule has 1 atom stereocenters. The number of carbonyl (C=O) groups excluding carboxylic acids is 1. The summed E-state index contributed by atoms with van der Waals surface area (Å²) in [6.45, 7) is 1.77. The van der Waals surface area contributed by atoms with Gasteiger partial charge in [0.15, 0.2) is 0 Å². The molecule has 0 aliphatic carbocycles. The lowest BCUT2D eigenvalue weighted by molar-refractivity contribution is 0.0736. The minimum absolute atomic E-state index is 0.171. The van der Waals surface area contributed by atoms with Gasteiger partial charge in [0.2, 0.25) is 0 Å². The summed E-state index contributed by atoms with van der Waals surface area (Å²) in [6, 6.07) is 18.9. The molecule has 0 N–H and O–H groups in total. The smallest absolute Gasteiger partial charge is 0.254 e. The lowest BCUT2D eigenvalue weighted by Gasteiger charge is -2.25. The molecular formula is C21H26N2O. The van der Waals surface area contributed by atoms with Crippen LogP contribution in [0.25, 0.3) is 0 Å². The number of benzene rings is 2. The standard InChI is InChI=1S/C21H26N2O/c1-22(2)16-18-10-12-19(13-11-18)21(24)23-14-6-9-20(23)15-17-7-4-3-5-8-17/h3-5,7-8,10-13,20H,6,9,14-16H2,1-2H3/t20-/m0/s1. The average Bonchev–Trinajstić information content (AvgIpc) is 3.03. The fourth-order valence-electron chi connectivity index (χ4n) is 3.49. The van der Waals surface area contributed by atoms with Gasteiger partial charge in [-0.3, -0.25) is 4.79 Å². The summed E-state index contributed by atoms with van der Waals surface area (Å²) in [5.41, 5.74) is 3.35. The summed E-state index contributed by atoms with van der Waals surface area (Å²) in [6.07, 6.45) is 3.15. The highest BCUT2D eigenvalue weighted by atomic mass is 16.2. The van der Waals surface area contributed by atoms with Crippen molar-refractivity contribution in [2.24, 2.45) is 0 Å². The second kappa shape index (κ2) is 7.63. The van der Waals surface area contributed by atoms with E-state index in [4.69, 9.17) is 0 Å². The van der Waals surface area contributed by atoms with Crippen molar-refractivity contribution in [3.63, 3.8) is 0 Å². The van der Waals surface area contributed by atoms with Crippen molar-refractivity contribution in [1.82, 2.24) is 9.80 Å². The van der Waals surface area contributed by atoms with E-state index >= 15 is 0 Å². The van der Waals surface area contributed by atoms with Gasteiger partial charge < -0.3 is 9.80 Å². The summed E-state index contributed by atoms with van der Waals surface area (Å²) in [7, 11) is 4.11. The van der Waals surface area contributed by atoms with Gasteiger partial charge in [-0.25, -0.2) is 0 Å². The Kier molecular flexibility index (Phi) is 5.31. The fourth-order valence-corrected chi connectivity index (χ4v) is 3.49. The fraction of sp³-hybridized carbons (Fsp3) is 0.381. The molecule has 3 rings (SSSR count). The number of likely N-dealkylation sites (tertiary alicyclic amines) is 1. The van der Waals surface area contributed by atoms with E-state index in [1.54, 1.807) is 0 Å². The van der Waals surface area contributed by atoms with Gasteiger partial charge in [-0.2, -0.15) is 0 Å². The Labute approximate surface area is 144 Å². The summed E-state index contributed by atoms with van der Waals surface area (Å²) >= 11 is 0. The maximum absolute atomic E-state index is 12.9. The van der Waals surface area contributed by atoms with Gasteiger partial charge in [-0.15, -0.1) is 0 Å². The molecule has 1 aliphatic rings. The Hall–Kier alpha value is -2.13. The van der Waals surface area contributed by atoms with Gasteiger partial charge >= 0.3 is 0 Å². The van der Waals surface area contributed by atoms with E-state index in [0.29, 0.717) is 6.04 Å². The first-order valence-corrected chi connectivity index (χ1v) is 8.72. The highest BCUT2D eigenvalue weighted by molar-refractivity contribution is 5.94. The first-order chi connectivity index (χ1) is 11.6. The Morgan fingerprint density at radius 3 is 2.42 bits per heavy atom. The van der Waals surface area contributed by atoms with Gasteiger partial charge in [0, 0.05) is 24.7 Å². The van der Waals surface area contributed by atoms with E-state index in [9.17, 15) is 4.79 Å². The van der Waals surface area contributed by atoms with Gasteiger partial charge in [-0.1, -0.05) is 42.5 Å². The van der Waals surface area contributed by atoms with Crippen LogP contribution in [0.4, 0.5) is 0 Å². The molecule has 0 bridgehead atoms. The predicted molar refractivity (Wildman–Crippen MR) is 98.0 cm³/mol. The SMILES string of the molecule is CN(C)Cc1ccc(C(=O)N2CCC[C@H]2Cc2ccccc2)cc1. The number of hydrogen-bond acceptors (Lipinski definition) is 2. The number of carbonyl (C=O) groups is 1. The van der Waals surface area contributed by atoms with Gasteiger partial charge in [0.25, 0.3) is 5.91 Å². The van der Waals surface area contributed by atoms with Crippen LogP contribution >= 0.6 is 0 Å². The van der Waals surface area contributed by atoms with Crippen molar-refractivity contribution >= 4 is 5.91 Å². The molecule has 1 amide bonds. The molecule has 24 heavy (non-hydrogen) atoms. The monoisotopic (exact) mass is 322 g/mol. The molecule has 0 radical (unpaired) electrons. The van der Waals surface area contributed by atoms with Gasteiger partial charge in [0.05, 0.1) is 0 Å². The van der Waals surface area contributed by atoms with Crippen LogP contribution in [0.1, 0.15) is 34.3 Å². The third kappa shape index (κ3) is 4.04. The van der Waals surface area contributed by atoms with Crippen LogP contribution in [-0.4, -0.2) is 42.4 Å². The Morgan fingerprint density at radius 2 is 1.75 bits per heavy atom. The van der Waals surface area contributed by atoms with Gasteiger partial charge in [-0.05, 0) is 56.6 Å². The maximum Gasteiger partial charge on any atom is 0.254 e. The molecule has 1 saturated heterocycles. The van der Waals surface area contributed by atoms with Crippen molar-refractivity contribution in [3.05, 3.63) is 71.3 Å². The van der Waals surface area contributed by atoms with Crippen molar-refractivity contribution < 1.29 is 4.79 Å². The lowest BCUT2D eigenvalue weighted by Crippen LogP contribution is -2.36. The van der Waals surface area contributed by atoms with E-state index in [0.717, 1.165) is 37.9 Å². The largest absolute Gasteiger partial charge is 0.335 e. The maximum atomic E-state index is 12.9. The van der Waals surface area contributed by atoms with Crippen molar-refractivity contribution in [2.75, 3.05) is 20.6 Å². The van der Waals surface area contributed by atoms with Crippen LogP contribution in [0.5, 0.6) is 0 Å². The van der Waals surface area contributed by atoms with E-state index in [2.05, 4.69) is 60.3 Å². The van der Waals surface area contributed by atoms with E-state index in [-0.39, 0.29) is 5.91 Å². The molecule has 1 fully saturated rings. The molecule has 1 heterocycles. The minimum atomic E-state index is 0.171. The number of nitrogens with zero attached hydrogens (tertiary/aromatic N) is 2. The summed E-state index contributed by atoms with van der Waals surface area (Å²) < 4.78 is 0. The summed E-state index contributed by atoms with van der Waals surface area (Å²) in [5, 5.41) is 0. The normalized spacial score (nSPS) is 17.5. The van der Waals surface area contributed by atoms with E-state index < -0.39 is 0 Å². The second-order valence-electron chi connectivity index (χ2n) is 6.92. The summed E-state index contributed by atoms with van der Waals surface area (Å²) in [5.74, 6) is 0.171. The number of amides is 1. The average molecular weight is 322 g/mol. The van der Waals surface area contributed by atoms with Crippen LogP contribution in [-0.2, 0) is 13.0 Å². The minimum Gasteiger partial charge on any atom is -0.335 e. The number of hydrogen-bond donors (Lipinski definition) is 0. The quantitative estimate of drug-likeness (QED) is 0.840. The molecule has 2 aromatic carbocycles. The molecule has 0 saturated carbocycles. The highest BCUT2D eigenvalue weighted by Crippen LogP contribution is 2.23. The zero-order valence-electron chi connectivity index (χ0n) is 14.6. The van der Waals surface area contributed by atoms with Crippen LogP contribution < -0.4 is 0 Å². The Balaban J connectivity index is 1.69. The molecular weight excluding hydrogens is 296 g/mol. The van der Waals surface area contributed by atoms with E-state index in [1.165, 1.54) is 11.1 Å². The van der Waals surface area contributed by atoms with Crippen LogP contribution in [0.3, 0.4) is 0 Å². The first kappa shape index (κ1) is 16.7. The molecule has 1 aliphatic heterocycles. The molecule has 3 nitrogen and oxygen atoms in total. The Bertz CT molecular complexity index is 664. The van der Waals surface area contributed by atoms with Crippen LogP contribution in [0.2, 0.25) is 0 Å². The Morgan fingerprint density at radius 1 is 1.04 bits per heavy atom. The molecule has 0 aromatic heterocycles. The van der Waals surface area contributed by atoms with E-state index in [1.807, 2.05) is 18.2 Å². The topological polar surface area (TPSA) is 23.6 Å².